The predicted octanol–water partition coefficient (Wildman–Crippen LogP) is 2.53. The van der Waals surface area contributed by atoms with Crippen molar-refractivity contribution in [3.8, 4) is 0 Å². The van der Waals surface area contributed by atoms with Gasteiger partial charge in [0.1, 0.15) is 10.6 Å². The van der Waals surface area contributed by atoms with Gasteiger partial charge in [0, 0.05) is 44.2 Å². The van der Waals surface area contributed by atoms with Crippen LogP contribution in [0, 0.1) is 12.3 Å². The highest BCUT2D eigenvalue weighted by molar-refractivity contribution is 7.89. The van der Waals surface area contributed by atoms with E-state index in [1.54, 1.807) is 0 Å². The van der Waals surface area contributed by atoms with E-state index in [4.69, 9.17) is 4.74 Å². The van der Waals surface area contributed by atoms with Gasteiger partial charge in [0.05, 0.1) is 12.3 Å². The van der Waals surface area contributed by atoms with Crippen molar-refractivity contribution in [1.82, 2.24) is 14.2 Å². The van der Waals surface area contributed by atoms with Crippen molar-refractivity contribution >= 4 is 10.0 Å². The van der Waals surface area contributed by atoms with E-state index in [1.807, 2.05) is 0 Å². The summed E-state index contributed by atoms with van der Waals surface area (Å²) in [5.41, 5.74) is -1.23. The molecule has 1 unspecified atom stereocenters. The molecule has 3 heterocycles. The van der Waals surface area contributed by atoms with Crippen LogP contribution in [0.25, 0.3) is 0 Å². The van der Waals surface area contributed by atoms with Gasteiger partial charge in [0.25, 0.3) is 0 Å². The highest BCUT2D eigenvalue weighted by atomic mass is 32.2. The van der Waals surface area contributed by atoms with Crippen molar-refractivity contribution in [2.24, 2.45) is 5.41 Å². The number of hydrogen-bond donors (Lipinski definition) is 0. The highest BCUT2D eigenvalue weighted by Crippen LogP contribution is 2.33. The van der Waals surface area contributed by atoms with E-state index in [2.05, 4.69) is 23.7 Å². The Labute approximate surface area is 163 Å². The first-order valence-electron chi connectivity index (χ1n) is 9.30. The number of halogens is 3. The Kier molecular flexibility index (Phi) is 5.79. The van der Waals surface area contributed by atoms with Crippen LogP contribution in [0.4, 0.5) is 13.2 Å². The Morgan fingerprint density at radius 1 is 1.18 bits per heavy atom. The zero-order valence-electron chi connectivity index (χ0n) is 16.3. The van der Waals surface area contributed by atoms with Gasteiger partial charge in [-0.2, -0.15) is 17.5 Å². The van der Waals surface area contributed by atoms with Gasteiger partial charge < -0.3 is 4.74 Å². The Bertz CT molecular complexity index is 819. The molecule has 2 saturated heterocycles. The zero-order valence-corrected chi connectivity index (χ0v) is 17.1. The van der Waals surface area contributed by atoms with Crippen LogP contribution in [0.15, 0.2) is 17.0 Å². The first kappa shape index (κ1) is 21.5. The van der Waals surface area contributed by atoms with E-state index >= 15 is 0 Å². The number of ether oxygens (including phenoxy) is 1. The molecule has 2 aliphatic rings. The molecule has 6 nitrogen and oxygen atoms in total. The molecule has 1 aromatic rings. The number of sulfonamides is 1. The number of rotatable bonds is 3. The maximum Gasteiger partial charge on any atom is 0.433 e. The van der Waals surface area contributed by atoms with Crippen molar-refractivity contribution in [1.29, 1.82) is 0 Å². The normalized spacial score (nSPS) is 25.0. The lowest BCUT2D eigenvalue weighted by Gasteiger charge is -2.47. The molecule has 1 atom stereocenters. The van der Waals surface area contributed by atoms with Gasteiger partial charge >= 0.3 is 6.18 Å². The molecule has 0 aliphatic carbocycles. The minimum Gasteiger partial charge on any atom is -0.381 e. The monoisotopic (exact) mass is 421 g/mol. The lowest BCUT2D eigenvalue weighted by Crippen LogP contribution is -2.57. The maximum atomic E-state index is 12.9. The minimum absolute atomic E-state index is 0.00672. The molecule has 3 rings (SSSR count). The average molecular weight is 421 g/mol. The molecular formula is C18H26F3N3O3S. The molecule has 0 amide bonds. The van der Waals surface area contributed by atoms with Crippen molar-refractivity contribution in [2.75, 3.05) is 39.4 Å². The van der Waals surface area contributed by atoms with E-state index in [-0.39, 0.29) is 16.0 Å². The molecule has 2 aliphatic heterocycles. The second-order valence-corrected chi connectivity index (χ2v) is 9.97. The number of pyridine rings is 1. The van der Waals surface area contributed by atoms with Gasteiger partial charge in [0.2, 0.25) is 10.0 Å². The van der Waals surface area contributed by atoms with E-state index in [1.165, 1.54) is 11.2 Å². The van der Waals surface area contributed by atoms with Crippen LogP contribution in [0.3, 0.4) is 0 Å². The molecular weight excluding hydrogens is 395 g/mol. The lowest BCUT2D eigenvalue weighted by atomic mass is 9.80. The summed E-state index contributed by atoms with van der Waals surface area (Å²) in [5, 5.41) is 0. The fourth-order valence-electron chi connectivity index (χ4n) is 4.07. The standard InChI is InChI=1S/C18H26F3N3O3S/c1-13-14(4-5-15(22-13)18(19,20)21)28(25,26)24-9-7-23(8-10-24)16-6-11-27-12-17(16,2)3/h4-5,16H,6-12H2,1-3H3. The van der Waals surface area contributed by atoms with E-state index in [0.29, 0.717) is 45.4 Å². The van der Waals surface area contributed by atoms with Gasteiger partial charge in [-0.05, 0) is 25.5 Å². The highest BCUT2D eigenvalue weighted by Gasteiger charge is 2.40. The van der Waals surface area contributed by atoms with Crippen LogP contribution in [-0.2, 0) is 20.9 Å². The fourth-order valence-corrected chi connectivity index (χ4v) is 5.65. The number of nitrogens with zero attached hydrogens (tertiary/aromatic N) is 3. The third-order valence-electron chi connectivity index (χ3n) is 5.57. The average Bonchev–Trinajstić information content (AvgIpc) is 2.60. The van der Waals surface area contributed by atoms with Gasteiger partial charge in [0.15, 0.2) is 0 Å². The number of aryl methyl sites for hydroxylation is 1. The summed E-state index contributed by atoms with van der Waals surface area (Å²) in [6.45, 7) is 8.74. The molecule has 0 saturated carbocycles. The Hall–Kier alpha value is -1.23. The smallest absolute Gasteiger partial charge is 0.381 e. The van der Waals surface area contributed by atoms with Crippen LogP contribution in [0.5, 0.6) is 0 Å². The lowest BCUT2D eigenvalue weighted by molar-refractivity contribution is -0.141. The first-order chi connectivity index (χ1) is 12.9. The molecule has 0 spiro atoms. The maximum absolute atomic E-state index is 12.9. The molecule has 0 N–H and O–H groups in total. The summed E-state index contributed by atoms with van der Waals surface area (Å²) in [6.07, 6.45) is -3.70. The van der Waals surface area contributed by atoms with Crippen LogP contribution in [0.2, 0.25) is 0 Å². The van der Waals surface area contributed by atoms with E-state index in [0.717, 1.165) is 18.6 Å². The summed E-state index contributed by atoms with van der Waals surface area (Å²) >= 11 is 0. The number of aromatic nitrogens is 1. The topological polar surface area (TPSA) is 62.7 Å². The molecule has 28 heavy (non-hydrogen) atoms. The third-order valence-corrected chi connectivity index (χ3v) is 7.60. The second kappa shape index (κ2) is 7.55. The van der Waals surface area contributed by atoms with Crippen LogP contribution in [0.1, 0.15) is 31.7 Å². The summed E-state index contributed by atoms with van der Waals surface area (Å²) in [7, 11) is -3.89. The summed E-state index contributed by atoms with van der Waals surface area (Å²) < 4.78 is 71.2. The van der Waals surface area contributed by atoms with E-state index in [9.17, 15) is 21.6 Å². The molecule has 0 aromatic carbocycles. The molecule has 0 bridgehead atoms. The van der Waals surface area contributed by atoms with Gasteiger partial charge in [-0.1, -0.05) is 13.8 Å². The molecule has 2 fully saturated rings. The molecule has 1 aromatic heterocycles. The zero-order chi connectivity index (χ0) is 20.7. The Balaban J connectivity index is 1.73. The summed E-state index contributed by atoms with van der Waals surface area (Å²) in [5.74, 6) is 0. The largest absolute Gasteiger partial charge is 0.433 e. The van der Waals surface area contributed by atoms with Gasteiger partial charge in [-0.3, -0.25) is 4.90 Å². The Morgan fingerprint density at radius 2 is 1.82 bits per heavy atom. The van der Waals surface area contributed by atoms with Gasteiger partial charge in [-0.25, -0.2) is 13.4 Å². The van der Waals surface area contributed by atoms with E-state index < -0.39 is 21.9 Å². The van der Waals surface area contributed by atoms with Gasteiger partial charge in [-0.15, -0.1) is 0 Å². The molecule has 10 heteroatoms. The molecule has 0 radical (unpaired) electrons. The quantitative estimate of drug-likeness (QED) is 0.751. The summed E-state index contributed by atoms with van der Waals surface area (Å²) in [6, 6.07) is 2.05. The van der Waals surface area contributed by atoms with Crippen LogP contribution >= 0.6 is 0 Å². The third kappa shape index (κ3) is 4.19. The fraction of sp³-hybridized carbons (Fsp3) is 0.722. The SMILES string of the molecule is Cc1nc(C(F)(F)F)ccc1S(=O)(=O)N1CCN(C2CCOCC2(C)C)CC1. The Morgan fingerprint density at radius 3 is 2.36 bits per heavy atom. The van der Waals surface area contributed by atoms with Crippen molar-refractivity contribution in [3.05, 3.63) is 23.5 Å². The second-order valence-electron chi connectivity index (χ2n) is 8.06. The number of hydrogen-bond acceptors (Lipinski definition) is 5. The van der Waals surface area contributed by atoms with Crippen molar-refractivity contribution < 1.29 is 26.3 Å². The summed E-state index contributed by atoms with van der Waals surface area (Å²) in [4.78, 5) is 5.59. The van der Waals surface area contributed by atoms with Crippen molar-refractivity contribution in [3.63, 3.8) is 0 Å². The number of piperazine rings is 1. The minimum atomic E-state index is -4.60. The molecule has 158 valence electrons. The van der Waals surface area contributed by atoms with Crippen molar-refractivity contribution in [2.45, 2.75) is 44.3 Å². The number of alkyl halides is 3. The van der Waals surface area contributed by atoms with Crippen LogP contribution in [-0.4, -0.2) is 68.0 Å². The first-order valence-corrected chi connectivity index (χ1v) is 10.7. The predicted molar refractivity (Wildman–Crippen MR) is 97.3 cm³/mol. The van der Waals surface area contributed by atoms with Crippen LogP contribution < -0.4 is 0 Å².